The minimum Gasteiger partial charge on any atom is -0.496 e. The minimum atomic E-state index is -3.86. The number of sulfonamides is 1. The normalized spacial score (nSPS) is 15.7. The van der Waals surface area contributed by atoms with Gasteiger partial charge in [0.15, 0.2) is 5.01 Å². The van der Waals surface area contributed by atoms with Crippen LogP contribution in [0.15, 0.2) is 47.4 Å². The lowest BCUT2D eigenvalue weighted by Crippen LogP contribution is -2.38. The van der Waals surface area contributed by atoms with Crippen LogP contribution in [0.4, 0.5) is 4.39 Å². The fourth-order valence-corrected chi connectivity index (χ4v) is 6.34. The molecule has 2 aromatic carbocycles. The van der Waals surface area contributed by atoms with Gasteiger partial charge in [0, 0.05) is 19.0 Å². The van der Waals surface area contributed by atoms with Crippen molar-refractivity contribution in [2.24, 2.45) is 0 Å². The number of piperidine rings is 1. The molecule has 1 saturated heterocycles. The molecule has 0 aliphatic carbocycles. The van der Waals surface area contributed by atoms with Gasteiger partial charge >= 0.3 is 0 Å². The van der Waals surface area contributed by atoms with E-state index in [0.717, 1.165) is 27.4 Å². The Balaban J connectivity index is 1.50. The summed E-state index contributed by atoms with van der Waals surface area (Å²) in [5, 5.41) is 10.3. The predicted molar refractivity (Wildman–Crippen MR) is 116 cm³/mol. The number of benzene rings is 2. The quantitative estimate of drug-likeness (QED) is 0.551. The summed E-state index contributed by atoms with van der Waals surface area (Å²) in [6.45, 7) is 0.631. The van der Waals surface area contributed by atoms with E-state index in [2.05, 4.69) is 10.2 Å². The molecule has 4 rings (SSSR count). The monoisotopic (exact) mass is 463 g/mol. The van der Waals surface area contributed by atoms with Crippen LogP contribution in [0.5, 0.6) is 11.5 Å². The van der Waals surface area contributed by atoms with Crippen molar-refractivity contribution in [3.63, 3.8) is 0 Å². The smallest absolute Gasteiger partial charge is 0.246 e. The van der Waals surface area contributed by atoms with Crippen LogP contribution in [0.2, 0.25) is 0 Å². The van der Waals surface area contributed by atoms with Gasteiger partial charge in [-0.2, -0.15) is 4.31 Å². The van der Waals surface area contributed by atoms with Crippen LogP contribution in [0.3, 0.4) is 0 Å². The fraction of sp³-hybridized carbons (Fsp3) is 0.333. The molecular formula is C21H22FN3O4S2. The lowest BCUT2D eigenvalue weighted by atomic mass is 9.99. The van der Waals surface area contributed by atoms with Crippen molar-refractivity contribution in [2.75, 3.05) is 27.3 Å². The molecule has 0 unspecified atom stereocenters. The number of methoxy groups -OCH3 is 2. The summed E-state index contributed by atoms with van der Waals surface area (Å²) in [6.07, 6.45) is 1.22. The molecule has 1 fully saturated rings. The first-order valence-corrected chi connectivity index (χ1v) is 12.0. The van der Waals surface area contributed by atoms with Crippen molar-refractivity contribution in [3.8, 4) is 22.1 Å². The van der Waals surface area contributed by atoms with Gasteiger partial charge in [-0.05, 0) is 43.2 Å². The zero-order chi connectivity index (χ0) is 22.0. The van der Waals surface area contributed by atoms with E-state index >= 15 is 0 Å². The van der Waals surface area contributed by atoms with Crippen molar-refractivity contribution < 1.29 is 22.3 Å². The van der Waals surface area contributed by atoms with E-state index < -0.39 is 15.8 Å². The second-order valence-corrected chi connectivity index (χ2v) is 10.0. The number of hydrogen-bond acceptors (Lipinski definition) is 7. The van der Waals surface area contributed by atoms with E-state index in [1.165, 1.54) is 34.9 Å². The second-order valence-electron chi connectivity index (χ2n) is 7.12. The zero-order valence-electron chi connectivity index (χ0n) is 17.1. The third-order valence-corrected chi connectivity index (χ3v) is 8.36. The predicted octanol–water partition coefficient (Wildman–Crippen LogP) is 3.93. The zero-order valence-corrected chi connectivity index (χ0v) is 18.7. The molecule has 10 heteroatoms. The maximum Gasteiger partial charge on any atom is 0.246 e. The number of ether oxygens (including phenoxy) is 2. The molecule has 1 aliphatic heterocycles. The van der Waals surface area contributed by atoms with Crippen LogP contribution >= 0.6 is 11.3 Å². The van der Waals surface area contributed by atoms with Crippen LogP contribution in [0.25, 0.3) is 10.6 Å². The number of hydrogen-bond donors (Lipinski definition) is 0. The van der Waals surface area contributed by atoms with E-state index in [4.69, 9.17) is 9.47 Å². The highest BCUT2D eigenvalue weighted by Gasteiger charge is 2.33. The molecule has 1 aromatic heterocycles. The summed E-state index contributed by atoms with van der Waals surface area (Å²) in [6, 6.07) is 11.1. The Morgan fingerprint density at radius 3 is 2.45 bits per heavy atom. The molecule has 0 N–H and O–H groups in total. The summed E-state index contributed by atoms with van der Waals surface area (Å²) in [5.74, 6) is 0.359. The summed E-state index contributed by atoms with van der Waals surface area (Å²) in [5.41, 5.74) is 0.881. The first kappa shape index (κ1) is 21.7. The summed E-state index contributed by atoms with van der Waals surface area (Å²) in [7, 11) is -0.877. The van der Waals surface area contributed by atoms with Crippen LogP contribution < -0.4 is 9.47 Å². The van der Waals surface area contributed by atoms with E-state index in [0.29, 0.717) is 25.9 Å². The highest BCUT2D eigenvalue weighted by atomic mass is 32.2. The van der Waals surface area contributed by atoms with Crippen molar-refractivity contribution in [1.82, 2.24) is 14.5 Å². The second kappa shape index (κ2) is 8.89. The molecule has 0 spiro atoms. The number of para-hydroxylation sites is 1. The van der Waals surface area contributed by atoms with Gasteiger partial charge in [-0.15, -0.1) is 10.2 Å². The topological polar surface area (TPSA) is 81.6 Å². The molecular weight excluding hydrogens is 441 g/mol. The molecule has 7 nitrogen and oxygen atoms in total. The van der Waals surface area contributed by atoms with Gasteiger partial charge in [0.25, 0.3) is 0 Å². The highest BCUT2D eigenvalue weighted by molar-refractivity contribution is 7.89. The van der Waals surface area contributed by atoms with Gasteiger partial charge in [-0.3, -0.25) is 0 Å². The summed E-state index contributed by atoms with van der Waals surface area (Å²) < 4.78 is 51.7. The van der Waals surface area contributed by atoms with Crippen LogP contribution in [0, 0.1) is 5.82 Å². The number of nitrogens with zero attached hydrogens (tertiary/aromatic N) is 3. The first-order chi connectivity index (χ1) is 14.9. The third-order valence-electron chi connectivity index (χ3n) is 5.32. The van der Waals surface area contributed by atoms with Gasteiger partial charge < -0.3 is 9.47 Å². The minimum absolute atomic E-state index is 0.113. The molecule has 2 heterocycles. The van der Waals surface area contributed by atoms with Gasteiger partial charge in [0.05, 0.1) is 19.8 Å². The average Bonchev–Trinajstić information content (AvgIpc) is 3.29. The van der Waals surface area contributed by atoms with E-state index in [1.807, 2.05) is 24.3 Å². The largest absolute Gasteiger partial charge is 0.496 e. The highest BCUT2D eigenvalue weighted by Crippen LogP contribution is 2.38. The Morgan fingerprint density at radius 2 is 1.74 bits per heavy atom. The Morgan fingerprint density at radius 1 is 1.03 bits per heavy atom. The van der Waals surface area contributed by atoms with Crippen molar-refractivity contribution in [3.05, 3.63) is 53.3 Å². The van der Waals surface area contributed by atoms with Gasteiger partial charge in [0.2, 0.25) is 10.0 Å². The standard InChI is InChI=1S/C21H22FN3O4S2/c1-28-17-6-4-3-5-16(17)21-24-23-20(30-21)14-9-11-25(12-10-14)31(26,27)19-13-15(22)7-8-18(19)29-2/h3-8,13-14H,9-12H2,1-2H3. The van der Waals surface area contributed by atoms with E-state index in [1.54, 1.807) is 7.11 Å². The fourth-order valence-electron chi connectivity index (χ4n) is 3.66. The third kappa shape index (κ3) is 4.28. The van der Waals surface area contributed by atoms with Crippen LogP contribution in [-0.4, -0.2) is 50.2 Å². The lowest BCUT2D eigenvalue weighted by molar-refractivity contribution is 0.316. The lowest BCUT2D eigenvalue weighted by Gasteiger charge is -2.30. The Bertz CT molecular complexity index is 1170. The van der Waals surface area contributed by atoms with Gasteiger partial charge in [-0.25, -0.2) is 12.8 Å². The maximum absolute atomic E-state index is 13.7. The van der Waals surface area contributed by atoms with E-state index in [-0.39, 0.29) is 16.6 Å². The first-order valence-electron chi connectivity index (χ1n) is 9.74. The number of aromatic nitrogens is 2. The molecule has 1 aliphatic rings. The molecule has 31 heavy (non-hydrogen) atoms. The van der Waals surface area contributed by atoms with Crippen molar-refractivity contribution in [2.45, 2.75) is 23.7 Å². The number of halogens is 1. The van der Waals surface area contributed by atoms with Crippen LogP contribution in [0.1, 0.15) is 23.8 Å². The SMILES string of the molecule is COc1ccccc1-c1nnc(C2CCN(S(=O)(=O)c3cc(F)ccc3OC)CC2)s1. The molecule has 3 aromatic rings. The Kier molecular flexibility index (Phi) is 6.22. The van der Waals surface area contributed by atoms with Gasteiger partial charge in [0.1, 0.15) is 27.2 Å². The van der Waals surface area contributed by atoms with Crippen molar-refractivity contribution in [1.29, 1.82) is 0 Å². The number of rotatable bonds is 6. The molecule has 0 atom stereocenters. The summed E-state index contributed by atoms with van der Waals surface area (Å²) >= 11 is 1.50. The van der Waals surface area contributed by atoms with Gasteiger partial charge in [-0.1, -0.05) is 23.5 Å². The average molecular weight is 464 g/mol. The molecule has 0 bridgehead atoms. The maximum atomic E-state index is 13.7. The van der Waals surface area contributed by atoms with Crippen molar-refractivity contribution >= 4 is 21.4 Å². The Labute approximate surface area is 184 Å². The molecule has 164 valence electrons. The molecule has 0 saturated carbocycles. The molecule has 0 amide bonds. The Hall–Kier alpha value is -2.56. The van der Waals surface area contributed by atoms with E-state index in [9.17, 15) is 12.8 Å². The molecule has 0 radical (unpaired) electrons. The summed E-state index contributed by atoms with van der Waals surface area (Å²) in [4.78, 5) is -0.150. The van der Waals surface area contributed by atoms with Crippen LogP contribution in [-0.2, 0) is 10.0 Å².